The van der Waals surface area contributed by atoms with Gasteiger partial charge in [-0.3, -0.25) is 4.79 Å². The van der Waals surface area contributed by atoms with Crippen LogP contribution in [-0.4, -0.2) is 20.9 Å². The molecule has 22 heavy (non-hydrogen) atoms. The van der Waals surface area contributed by atoms with Gasteiger partial charge in [-0.1, -0.05) is 27.2 Å². The third-order valence-electron chi connectivity index (χ3n) is 3.12. The first-order valence-electron chi connectivity index (χ1n) is 6.66. The van der Waals surface area contributed by atoms with Gasteiger partial charge in [-0.25, -0.2) is 4.68 Å². The van der Waals surface area contributed by atoms with Gasteiger partial charge in [0, 0.05) is 4.47 Å². The summed E-state index contributed by atoms with van der Waals surface area (Å²) in [4.78, 5) is 12.2. The Balaban J connectivity index is 1.74. The van der Waals surface area contributed by atoms with E-state index in [9.17, 15) is 4.79 Å². The van der Waals surface area contributed by atoms with Crippen LogP contribution in [-0.2, 0) is 0 Å². The van der Waals surface area contributed by atoms with E-state index in [1.807, 2.05) is 37.3 Å². The highest BCUT2D eigenvalue weighted by Crippen LogP contribution is 2.15. The molecule has 0 bridgehead atoms. The molecule has 3 rings (SSSR count). The molecule has 0 saturated carbocycles. The lowest BCUT2D eigenvalue weighted by atomic mass is 10.2. The third-order valence-corrected chi connectivity index (χ3v) is 3.61. The van der Waals surface area contributed by atoms with Crippen molar-refractivity contribution < 1.29 is 9.21 Å². The summed E-state index contributed by atoms with van der Waals surface area (Å²) in [5.74, 6) is 0.387. The first kappa shape index (κ1) is 14.5. The van der Waals surface area contributed by atoms with Crippen molar-refractivity contribution in [3.8, 4) is 5.69 Å². The molecule has 1 amide bonds. The van der Waals surface area contributed by atoms with Crippen molar-refractivity contribution in [1.82, 2.24) is 20.3 Å². The van der Waals surface area contributed by atoms with Crippen LogP contribution in [0.5, 0.6) is 0 Å². The Morgan fingerprint density at radius 3 is 2.95 bits per heavy atom. The summed E-state index contributed by atoms with van der Waals surface area (Å²) in [6.07, 6.45) is 3.16. The molecule has 2 aromatic heterocycles. The first-order chi connectivity index (χ1) is 10.6. The zero-order valence-electron chi connectivity index (χ0n) is 11.7. The van der Waals surface area contributed by atoms with Crippen LogP contribution in [0.2, 0.25) is 0 Å². The molecule has 1 atom stereocenters. The van der Waals surface area contributed by atoms with E-state index in [1.54, 1.807) is 23.2 Å². The van der Waals surface area contributed by atoms with E-state index in [2.05, 4.69) is 31.6 Å². The Labute approximate surface area is 135 Å². The van der Waals surface area contributed by atoms with Crippen LogP contribution in [0.3, 0.4) is 0 Å². The van der Waals surface area contributed by atoms with Gasteiger partial charge in [0.1, 0.15) is 5.76 Å². The number of hydrogen-bond acceptors (Lipinski definition) is 4. The fourth-order valence-electron chi connectivity index (χ4n) is 1.99. The number of rotatable bonds is 4. The van der Waals surface area contributed by atoms with Gasteiger partial charge in [0.15, 0.2) is 5.69 Å². The molecule has 1 aromatic carbocycles. The minimum absolute atomic E-state index is 0.237. The van der Waals surface area contributed by atoms with Crippen molar-refractivity contribution in [2.45, 2.75) is 13.0 Å². The quantitative estimate of drug-likeness (QED) is 0.775. The molecular weight excluding hydrogens is 348 g/mol. The number of nitrogens with zero attached hydrogens (tertiary/aromatic N) is 3. The Bertz CT molecular complexity index is 782. The monoisotopic (exact) mass is 360 g/mol. The molecule has 0 aliphatic heterocycles. The molecule has 0 spiro atoms. The average Bonchev–Trinajstić information content (AvgIpc) is 3.19. The number of furan rings is 1. The third kappa shape index (κ3) is 3.09. The lowest BCUT2D eigenvalue weighted by Crippen LogP contribution is -2.26. The van der Waals surface area contributed by atoms with Gasteiger partial charge in [-0.15, -0.1) is 5.10 Å². The molecule has 0 fully saturated rings. The fraction of sp³-hybridized carbons (Fsp3) is 0.133. The van der Waals surface area contributed by atoms with Crippen molar-refractivity contribution in [2.24, 2.45) is 0 Å². The highest BCUT2D eigenvalue weighted by Gasteiger charge is 2.16. The van der Waals surface area contributed by atoms with E-state index in [4.69, 9.17) is 4.42 Å². The number of carbonyl (C=O) groups excluding carboxylic acids is 1. The summed E-state index contributed by atoms with van der Waals surface area (Å²) in [7, 11) is 0. The zero-order chi connectivity index (χ0) is 15.5. The highest BCUT2D eigenvalue weighted by molar-refractivity contribution is 9.10. The first-order valence-corrected chi connectivity index (χ1v) is 7.45. The van der Waals surface area contributed by atoms with E-state index in [0.29, 0.717) is 5.76 Å². The minimum atomic E-state index is -0.301. The summed E-state index contributed by atoms with van der Waals surface area (Å²) in [6, 6.07) is 10.9. The molecule has 3 aromatic rings. The van der Waals surface area contributed by atoms with Crippen LogP contribution in [0, 0.1) is 0 Å². The average molecular weight is 361 g/mol. The number of halogens is 1. The largest absolute Gasteiger partial charge is 0.467 e. The van der Waals surface area contributed by atoms with E-state index >= 15 is 0 Å². The van der Waals surface area contributed by atoms with Gasteiger partial charge < -0.3 is 9.73 Å². The molecule has 6 nitrogen and oxygen atoms in total. The number of nitrogens with one attached hydrogen (secondary N) is 1. The maximum Gasteiger partial charge on any atom is 0.274 e. The Morgan fingerprint density at radius 2 is 2.23 bits per heavy atom. The second-order valence-electron chi connectivity index (χ2n) is 4.74. The number of aromatic nitrogens is 3. The summed E-state index contributed by atoms with van der Waals surface area (Å²) in [5, 5.41) is 10.7. The van der Waals surface area contributed by atoms with E-state index in [0.717, 1.165) is 10.2 Å². The number of amides is 1. The lowest BCUT2D eigenvalue weighted by Gasteiger charge is -2.09. The Hall–Kier alpha value is -2.41. The van der Waals surface area contributed by atoms with Crippen molar-refractivity contribution in [2.75, 3.05) is 0 Å². The molecule has 0 aliphatic rings. The molecular formula is C15H13BrN4O2. The maximum absolute atomic E-state index is 12.2. The summed E-state index contributed by atoms with van der Waals surface area (Å²) >= 11 is 3.40. The van der Waals surface area contributed by atoms with Gasteiger partial charge >= 0.3 is 0 Å². The van der Waals surface area contributed by atoms with Crippen LogP contribution >= 0.6 is 15.9 Å². The normalized spacial score (nSPS) is 12.1. The molecule has 0 aliphatic carbocycles. The summed E-state index contributed by atoms with van der Waals surface area (Å²) in [6.45, 7) is 1.84. The van der Waals surface area contributed by atoms with Crippen molar-refractivity contribution in [3.63, 3.8) is 0 Å². The van der Waals surface area contributed by atoms with Gasteiger partial charge in [-0.2, -0.15) is 0 Å². The molecule has 0 unspecified atom stereocenters. The fourth-order valence-corrected chi connectivity index (χ4v) is 2.38. The smallest absolute Gasteiger partial charge is 0.274 e. The van der Waals surface area contributed by atoms with Crippen LogP contribution in [0.1, 0.15) is 29.2 Å². The molecule has 2 heterocycles. The van der Waals surface area contributed by atoms with Crippen LogP contribution < -0.4 is 5.32 Å². The predicted molar refractivity (Wildman–Crippen MR) is 83.6 cm³/mol. The molecule has 0 radical (unpaired) electrons. The maximum atomic E-state index is 12.2. The molecule has 7 heteroatoms. The SMILES string of the molecule is C[C@H](NC(=O)c1cn(-c2cccc(Br)c2)nn1)c1ccco1. The number of hydrogen-bond donors (Lipinski definition) is 1. The lowest BCUT2D eigenvalue weighted by molar-refractivity contribution is 0.0930. The second-order valence-corrected chi connectivity index (χ2v) is 5.65. The topological polar surface area (TPSA) is 73.0 Å². The summed E-state index contributed by atoms with van der Waals surface area (Å²) in [5.41, 5.74) is 1.07. The Morgan fingerprint density at radius 1 is 1.36 bits per heavy atom. The van der Waals surface area contributed by atoms with Crippen LogP contribution in [0.25, 0.3) is 5.69 Å². The van der Waals surface area contributed by atoms with E-state index in [-0.39, 0.29) is 17.6 Å². The van der Waals surface area contributed by atoms with Crippen molar-refractivity contribution >= 4 is 21.8 Å². The van der Waals surface area contributed by atoms with Crippen molar-refractivity contribution in [1.29, 1.82) is 0 Å². The van der Waals surface area contributed by atoms with Gasteiger partial charge in [0.05, 0.1) is 24.2 Å². The second kappa shape index (κ2) is 6.15. The van der Waals surface area contributed by atoms with Crippen LogP contribution in [0.4, 0.5) is 0 Å². The highest BCUT2D eigenvalue weighted by atomic mass is 79.9. The number of carbonyl (C=O) groups is 1. The standard InChI is InChI=1S/C15H13BrN4O2/c1-10(14-6-3-7-22-14)17-15(21)13-9-20(19-18-13)12-5-2-4-11(16)8-12/h2-10H,1H3,(H,17,21)/t10-/m0/s1. The van der Waals surface area contributed by atoms with E-state index < -0.39 is 0 Å². The van der Waals surface area contributed by atoms with E-state index in [1.165, 1.54) is 0 Å². The van der Waals surface area contributed by atoms with Gasteiger partial charge in [0.25, 0.3) is 5.91 Å². The van der Waals surface area contributed by atoms with Crippen molar-refractivity contribution in [3.05, 3.63) is 64.8 Å². The minimum Gasteiger partial charge on any atom is -0.467 e. The number of benzene rings is 1. The van der Waals surface area contributed by atoms with Gasteiger partial charge in [-0.05, 0) is 37.3 Å². The predicted octanol–water partition coefficient (Wildman–Crippen LogP) is 3.11. The zero-order valence-corrected chi connectivity index (χ0v) is 13.3. The Kier molecular flexibility index (Phi) is 4.06. The molecule has 0 saturated heterocycles. The van der Waals surface area contributed by atoms with Gasteiger partial charge in [0.2, 0.25) is 0 Å². The molecule has 112 valence electrons. The molecule has 1 N–H and O–H groups in total. The van der Waals surface area contributed by atoms with Crippen LogP contribution in [0.15, 0.2) is 57.7 Å². The summed E-state index contributed by atoms with van der Waals surface area (Å²) < 4.78 is 7.74.